The number of benzene rings is 1. The quantitative estimate of drug-likeness (QED) is 0.736. The second-order valence-electron chi connectivity index (χ2n) is 6.66. The largest absolute Gasteiger partial charge is 0.480 e. The highest BCUT2D eigenvalue weighted by atomic mass is 32.2. The van der Waals surface area contributed by atoms with Crippen LogP contribution in [0.3, 0.4) is 0 Å². The molecule has 1 aromatic carbocycles. The van der Waals surface area contributed by atoms with E-state index in [4.69, 9.17) is 5.11 Å². The van der Waals surface area contributed by atoms with E-state index in [-0.39, 0.29) is 23.5 Å². The molecular formula is C16H21FN2O4S. The van der Waals surface area contributed by atoms with Crippen LogP contribution in [-0.2, 0) is 14.8 Å². The summed E-state index contributed by atoms with van der Waals surface area (Å²) in [4.78, 5) is 13.0. The van der Waals surface area contributed by atoms with Gasteiger partial charge in [-0.2, -0.15) is 0 Å². The molecule has 2 fully saturated rings. The van der Waals surface area contributed by atoms with Gasteiger partial charge in [-0.1, -0.05) is 0 Å². The summed E-state index contributed by atoms with van der Waals surface area (Å²) >= 11 is 0. The molecule has 132 valence electrons. The van der Waals surface area contributed by atoms with Gasteiger partial charge in [-0.15, -0.1) is 0 Å². The number of aliphatic carboxylic acids is 1. The summed E-state index contributed by atoms with van der Waals surface area (Å²) in [5, 5.41) is 9.03. The first-order valence-electron chi connectivity index (χ1n) is 8.07. The Balaban J connectivity index is 1.55. The molecule has 8 heteroatoms. The average Bonchev–Trinajstić information content (AvgIpc) is 3.26. The molecule has 0 atom stereocenters. The van der Waals surface area contributed by atoms with Gasteiger partial charge in [-0.3, -0.25) is 9.69 Å². The smallest absolute Gasteiger partial charge is 0.317 e. The highest BCUT2D eigenvalue weighted by Gasteiger charge is 2.38. The fraction of sp³-hybridized carbons (Fsp3) is 0.562. The maximum absolute atomic E-state index is 12.9. The third-order valence-corrected chi connectivity index (χ3v) is 6.14. The van der Waals surface area contributed by atoms with Crippen LogP contribution < -0.4 is 4.72 Å². The molecular weight excluding hydrogens is 335 g/mol. The lowest BCUT2D eigenvalue weighted by Crippen LogP contribution is -2.55. The molecule has 0 amide bonds. The van der Waals surface area contributed by atoms with Crippen LogP contribution in [0.5, 0.6) is 0 Å². The van der Waals surface area contributed by atoms with Crippen LogP contribution in [0.2, 0.25) is 0 Å². The summed E-state index contributed by atoms with van der Waals surface area (Å²) in [6, 6.07) is 4.59. The molecule has 2 saturated carbocycles. The van der Waals surface area contributed by atoms with Gasteiger partial charge in [0.25, 0.3) is 0 Å². The van der Waals surface area contributed by atoms with Gasteiger partial charge >= 0.3 is 5.97 Å². The zero-order valence-corrected chi connectivity index (χ0v) is 14.0. The van der Waals surface area contributed by atoms with Crippen LogP contribution in [0.25, 0.3) is 0 Å². The number of carboxylic acid groups (broad SMARTS) is 1. The maximum atomic E-state index is 12.9. The molecule has 0 aromatic heterocycles. The monoisotopic (exact) mass is 356 g/mol. The fourth-order valence-electron chi connectivity index (χ4n) is 3.03. The van der Waals surface area contributed by atoms with E-state index in [9.17, 15) is 17.6 Å². The summed E-state index contributed by atoms with van der Waals surface area (Å²) in [6.07, 6.45) is 3.48. The van der Waals surface area contributed by atoms with E-state index in [1.165, 1.54) is 12.1 Å². The minimum absolute atomic E-state index is 0.00139. The fourth-order valence-corrected chi connectivity index (χ4v) is 4.29. The first-order chi connectivity index (χ1) is 11.3. The Morgan fingerprint density at radius 3 is 2.42 bits per heavy atom. The van der Waals surface area contributed by atoms with Crippen LogP contribution in [0.15, 0.2) is 29.2 Å². The van der Waals surface area contributed by atoms with Gasteiger partial charge in [0.05, 0.1) is 11.4 Å². The Morgan fingerprint density at radius 1 is 1.25 bits per heavy atom. The molecule has 2 aliphatic rings. The Bertz CT molecular complexity index is 697. The van der Waals surface area contributed by atoms with Crippen LogP contribution >= 0.6 is 0 Å². The number of nitrogens with zero attached hydrogens (tertiary/aromatic N) is 1. The SMILES string of the molecule is O=C(O)CN(CC1CC1)C1CC(NS(=O)(=O)c2ccc(F)cc2)C1. The number of nitrogens with one attached hydrogen (secondary N) is 1. The zero-order chi connectivity index (χ0) is 17.3. The first-order valence-corrected chi connectivity index (χ1v) is 9.55. The van der Waals surface area contributed by atoms with E-state index in [0.29, 0.717) is 18.8 Å². The van der Waals surface area contributed by atoms with E-state index in [1.807, 2.05) is 4.90 Å². The highest BCUT2D eigenvalue weighted by molar-refractivity contribution is 7.89. The molecule has 0 heterocycles. The van der Waals surface area contributed by atoms with Crippen molar-refractivity contribution in [3.63, 3.8) is 0 Å². The van der Waals surface area contributed by atoms with Gasteiger partial charge in [0, 0.05) is 18.6 Å². The van der Waals surface area contributed by atoms with Crippen LogP contribution in [0.1, 0.15) is 25.7 Å². The topological polar surface area (TPSA) is 86.7 Å². The summed E-state index contributed by atoms with van der Waals surface area (Å²) in [5.74, 6) is -0.757. The Labute approximate surface area is 140 Å². The summed E-state index contributed by atoms with van der Waals surface area (Å²) in [7, 11) is -3.67. The second kappa shape index (κ2) is 6.78. The molecule has 1 aromatic rings. The number of carboxylic acids is 1. The van der Waals surface area contributed by atoms with Gasteiger partial charge in [-0.05, 0) is 55.9 Å². The summed E-state index contributed by atoms with van der Waals surface area (Å²) < 4.78 is 40.0. The first kappa shape index (κ1) is 17.3. The minimum Gasteiger partial charge on any atom is -0.480 e. The molecule has 2 aliphatic carbocycles. The summed E-state index contributed by atoms with van der Waals surface area (Å²) in [5.41, 5.74) is 0. The molecule has 0 bridgehead atoms. The average molecular weight is 356 g/mol. The normalized spacial score (nSPS) is 23.9. The van der Waals surface area contributed by atoms with Crippen LogP contribution in [0, 0.1) is 11.7 Å². The lowest BCUT2D eigenvalue weighted by molar-refractivity contribution is -0.139. The molecule has 0 unspecified atom stereocenters. The zero-order valence-electron chi connectivity index (χ0n) is 13.2. The van der Waals surface area contributed by atoms with Crippen molar-refractivity contribution in [1.29, 1.82) is 0 Å². The van der Waals surface area contributed by atoms with Crippen molar-refractivity contribution in [3.05, 3.63) is 30.1 Å². The number of rotatable bonds is 8. The third kappa shape index (κ3) is 4.31. The second-order valence-corrected chi connectivity index (χ2v) is 8.38. The maximum Gasteiger partial charge on any atom is 0.317 e. The van der Waals surface area contributed by atoms with E-state index >= 15 is 0 Å². The lowest BCUT2D eigenvalue weighted by Gasteiger charge is -2.42. The lowest BCUT2D eigenvalue weighted by atomic mass is 9.86. The number of sulfonamides is 1. The van der Waals surface area contributed by atoms with E-state index in [0.717, 1.165) is 31.5 Å². The number of hydrogen-bond donors (Lipinski definition) is 2. The summed E-state index contributed by atoms with van der Waals surface area (Å²) in [6.45, 7) is 0.771. The van der Waals surface area contributed by atoms with Gasteiger partial charge < -0.3 is 5.11 Å². The Morgan fingerprint density at radius 2 is 1.88 bits per heavy atom. The standard InChI is InChI=1S/C16H21FN2O4S/c17-12-3-5-15(6-4-12)24(22,23)18-13-7-14(8-13)19(10-16(20)21)9-11-1-2-11/h3-6,11,13-14,18H,1-2,7-10H2,(H,20,21). The number of halogens is 1. The van der Waals surface area contributed by atoms with E-state index < -0.39 is 21.8 Å². The molecule has 3 rings (SSSR count). The van der Waals surface area contributed by atoms with Gasteiger partial charge in [0.1, 0.15) is 5.82 Å². The van der Waals surface area contributed by atoms with Gasteiger partial charge in [-0.25, -0.2) is 17.5 Å². The minimum atomic E-state index is -3.67. The van der Waals surface area contributed by atoms with Crippen molar-refractivity contribution in [2.75, 3.05) is 13.1 Å². The Hall–Kier alpha value is -1.51. The molecule has 6 nitrogen and oxygen atoms in total. The van der Waals surface area contributed by atoms with Crippen molar-refractivity contribution in [1.82, 2.24) is 9.62 Å². The van der Waals surface area contributed by atoms with Crippen molar-refractivity contribution in [2.24, 2.45) is 5.92 Å². The number of carbonyl (C=O) groups is 1. The highest BCUT2D eigenvalue weighted by Crippen LogP contribution is 2.34. The predicted molar refractivity (Wildman–Crippen MR) is 85.5 cm³/mol. The van der Waals surface area contributed by atoms with Crippen molar-refractivity contribution in [2.45, 2.75) is 42.7 Å². The van der Waals surface area contributed by atoms with Crippen LogP contribution in [0.4, 0.5) is 4.39 Å². The van der Waals surface area contributed by atoms with Crippen molar-refractivity contribution >= 4 is 16.0 Å². The Kier molecular flexibility index (Phi) is 4.89. The molecule has 0 radical (unpaired) electrons. The molecule has 2 N–H and O–H groups in total. The molecule has 0 spiro atoms. The van der Waals surface area contributed by atoms with Gasteiger partial charge in [0.15, 0.2) is 0 Å². The number of hydrogen-bond acceptors (Lipinski definition) is 4. The van der Waals surface area contributed by atoms with Crippen molar-refractivity contribution in [3.8, 4) is 0 Å². The molecule has 0 saturated heterocycles. The van der Waals surface area contributed by atoms with Crippen LogP contribution in [-0.4, -0.2) is 49.6 Å². The molecule has 0 aliphatic heterocycles. The molecule has 24 heavy (non-hydrogen) atoms. The van der Waals surface area contributed by atoms with Gasteiger partial charge in [0.2, 0.25) is 10.0 Å². The van der Waals surface area contributed by atoms with E-state index in [1.54, 1.807) is 0 Å². The third-order valence-electron chi connectivity index (χ3n) is 4.60. The van der Waals surface area contributed by atoms with E-state index in [2.05, 4.69) is 4.72 Å². The predicted octanol–water partition coefficient (Wildman–Crippen LogP) is 1.43. The van der Waals surface area contributed by atoms with Crippen molar-refractivity contribution < 1.29 is 22.7 Å².